The molecule has 0 saturated carbocycles. The van der Waals surface area contributed by atoms with Gasteiger partial charge in [-0.2, -0.15) is 0 Å². The molecule has 1 aliphatic rings. The van der Waals surface area contributed by atoms with E-state index < -0.39 is 0 Å². The van der Waals surface area contributed by atoms with Crippen LogP contribution in [0.4, 0.5) is 0 Å². The number of hydrogen-bond acceptors (Lipinski definition) is 2. The Bertz CT molecular complexity index is 2730. The highest BCUT2D eigenvalue weighted by molar-refractivity contribution is 6.24. The highest BCUT2D eigenvalue weighted by Crippen LogP contribution is 2.49. The molecule has 0 unspecified atom stereocenters. The molecule has 1 aromatic heterocycles. The van der Waals surface area contributed by atoms with Gasteiger partial charge in [-0.25, -0.2) is 4.98 Å². The van der Waals surface area contributed by atoms with Gasteiger partial charge in [0, 0.05) is 12.0 Å². The van der Waals surface area contributed by atoms with Crippen LogP contribution in [0, 0.1) is 0 Å². The lowest BCUT2D eigenvalue weighted by Gasteiger charge is -2.24. The smallest absolute Gasteiger partial charge is 0.153 e. The van der Waals surface area contributed by atoms with Crippen LogP contribution in [-0.4, -0.2) is 9.55 Å². The van der Waals surface area contributed by atoms with Crippen LogP contribution in [0.1, 0.15) is 12.7 Å². The van der Waals surface area contributed by atoms with Crippen molar-refractivity contribution in [3.05, 3.63) is 157 Å². The number of aryl methyl sites for hydroxylation is 1. The van der Waals surface area contributed by atoms with Crippen molar-refractivity contribution >= 4 is 43.4 Å². The Kier molecular flexibility index (Phi) is 5.85. The van der Waals surface area contributed by atoms with Gasteiger partial charge in [-0.05, 0) is 84.4 Å². The van der Waals surface area contributed by atoms with Crippen LogP contribution in [0.25, 0.3) is 82.4 Å². The third kappa shape index (κ3) is 3.85. The summed E-state index contributed by atoms with van der Waals surface area (Å²) in [4.78, 5) is 5.03. The molecule has 0 aliphatic carbocycles. The zero-order valence-corrected chi connectivity index (χ0v) is 26.4. The summed E-state index contributed by atoms with van der Waals surface area (Å²) >= 11 is 0. The van der Waals surface area contributed by atoms with Crippen molar-refractivity contribution in [2.45, 2.75) is 13.3 Å². The Hall–Kier alpha value is -6.19. The largest absolute Gasteiger partial charge is 0.453 e. The summed E-state index contributed by atoms with van der Waals surface area (Å²) in [6.45, 7) is 2.17. The third-order valence-corrected chi connectivity index (χ3v) is 9.92. The summed E-state index contributed by atoms with van der Waals surface area (Å²) in [7, 11) is 0. The Labute approximate surface area is 278 Å². The van der Waals surface area contributed by atoms with Gasteiger partial charge >= 0.3 is 0 Å². The van der Waals surface area contributed by atoms with Crippen molar-refractivity contribution < 1.29 is 4.74 Å². The summed E-state index contributed by atoms with van der Waals surface area (Å²) in [6.07, 6.45) is 0.817. The van der Waals surface area contributed by atoms with Gasteiger partial charge in [0.25, 0.3) is 0 Å². The molecule has 48 heavy (non-hydrogen) atoms. The molecule has 0 saturated heterocycles. The number of hydrogen-bond donors (Lipinski definition) is 0. The van der Waals surface area contributed by atoms with Crippen molar-refractivity contribution in [2.75, 3.05) is 0 Å². The van der Waals surface area contributed by atoms with E-state index in [1.165, 1.54) is 54.6 Å². The molecule has 0 radical (unpaired) electrons. The zero-order chi connectivity index (χ0) is 31.8. The van der Waals surface area contributed by atoms with E-state index in [0.29, 0.717) is 0 Å². The van der Waals surface area contributed by atoms with Gasteiger partial charge in [0.2, 0.25) is 0 Å². The first kappa shape index (κ1) is 27.0. The van der Waals surface area contributed by atoms with Gasteiger partial charge in [-0.1, -0.05) is 134 Å². The molecule has 9 aromatic rings. The van der Waals surface area contributed by atoms with Crippen LogP contribution in [0.2, 0.25) is 0 Å². The molecule has 0 amide bonds. The molecular weight excluding hydrogens is 585 g/mol. The molecule has 226 valence electrons. The van der Waals surface area contributed by atoms with Gasteiger partial charge in [-0.15, -0.1) is 0 Å². The Balaban J connectivity index is 1.34. The van der Waals surface area contributed by atoms with E-state index in [9.17, 15) is 0 Å². The van der Waals surface area contributed by atoms with Crippen LogP contribution in [0.15, 0.2) is 152 Å². The van der Waals surface area contributed by atoms with Crippen LogP contribution >= 0.6 is 0 Å². The van der Waals surface area contributed by atoms with E-state index in [0.717, 1.165) is 51.6 Å². The van der Waals surface area contributed by atoms with Gasteiger partial charge in [0.15, 0.2) is 11.5 Å². The second kappa shape index (κ2) is 10.4. The number of fused-ring (bicyclic) bond motifs is 5. The second-order valence-electron chi connectivity index (χ2n) is 12.5. The minimum atomic E-state index is 0.817. The van der Waals surface area contributed by atoms with Crippen molar-refractivity contribution in [3.63, 3.8) is 0 Å². The molecule has 2 heterocycles. The van der Waals surface area contributed by atoms with Crippen LogP contribution in [0.3, 0.4) is 0 Å². The molecule has 10 rings (SSSR count). The van der Waals surface area contributed by atoms with Crippen molar-refractivity contribution in [3.8, 4) is 50.6 Å². The highest BCUT2D eigenvalue weighted by Gasteiger charge is 2.27. The molecule has 8 aromatic carbocycles. The van der Waals surface area contributed by atoms with E-state index in [-0.39, 0.29) is 0 Å². The van der Waals surface area contributed by atoms with E-state index >= 15 is 0 Å². The number of rotatable bonds is 4. The lowest BCUT2D eigenvalue weighted by molar-refractivity contribution is 0.474. The lowest BCUT2D eigenvalue weighted by Crippen LogP contribution is -2.08. The van der Waals surface area contributed by atoms with E-state index in [1.807, 2.05) is 12.1 Å². The lowest BCUT2D eigenvalue weighted by atomic mass is 9.83. The number of aromatic nitrogens is 2. The number of imidazole rings is 1. The molecule has 0 atom stereocenters. The molecule has 3 nitrogen and oxygen atoms in total. The van der Waals surface area contributed by atoms with E-state index in [2.05, 4.69) is 151 Å². The fraction of sp³-hybridized carbons (Fsp3) is 0.0444. The van der Waals surface area contributed by atoms with Crippen LogP contribution in [-0.2, 0) is 6.42 Å². The summed E-state index contributed by atoms with van der Waals surface area (Å²) in [5, 5.41) is 7.44. The zero-order valence-electron chi connectivity index (χ0n) is 26.4. The Morgan fingerprint density at radius 3 is 2.04 bits per heavy atom. The molecule has 3 heteroatoms. The first-order chi connectivity index (χ1) is 23.8. The normalized spacial score (nSPS) is 12.1. The fourth-order valence-electron chi connectivity index (χ4n) is 7.89. The third-order valence-electron chi connectivity index (χ3n) is 9.92. The van der Waals surface area contributed by atoms with Gasteiger partial charge < -0.3 is 4.74 Å². The van der Waals surface area contributed by atoms with Gasteiger partial charge in [0.05, 0.1) is 11.2 Å². The van der Waals surface area contributed by atoms with Crippen LogP contribution < -0.4 is 4.74 Å². The molecular formula is C45H30N2O. The maximum Gasteiger partial charge on any atom is 0.153 e. The SMILES string of the molecule is CCc1nc2cccc3c2n1-c1c(cccc1-c1ccc2c(-c4ccccc4)c4ccccc4c(-c4cccc5ccccc45)c2c1)O3. The summed E-state index contributed by atoms with van der Waals surface area (Å²) < 4.78 is 8.90. The standard InChI is InChI=1S/C45H30N2O/c1-2-41-46-38-22-12-24-40-45(38)47(41)44-32(20-11-23-39(44)48-40)30-25-26-36-37(27-30)43(33-21-10-16-28-13-6-7-17-31(28)33)35-19-9-8-18-34(35)42(36)29-14-4-3-5-15-29/h3-27H,2H2,1H3. The average molecular weight is 615 g/mol. The van der Waals surface area contributed by atoms with Crippen molar-refractivity contribution in [1.82, 2.24) is 9.55 Å². The summed E-state index contributed by atoms with van der Waals surface area (Å²) in [5.74, 6) is 2.72. The summed E-state index contributed by atoms with van der Waals surface area (Å²) in [6, 6.07) is 54.7. The fourth-order valence-corrected chi connectivity index (χ4v) is 7.89. The highest BCUT2D eigenvalue weighted by atomic mass is 16.5. The van der Waals surface area contributed by atoms with E-state index in [1.54, 1.807) is 0 Å². The quantitative estimate of drug-likeness (QED) is 0.184. The van der Waals surface area contributed by atoms with E-state index in [4.69, 9.17) is 9.72 Å². The monoisotopic (exact) mass is 614 g/mol. The van der Waals surface area contributed by atoms with Crippen LogP contribution in [0.5, 0.6) is 11.5 Å². The predicted molar refractivity (Wildman–Crippen MR) is 199 cm³/mol. The molecule has 0 N–H and O–H groups in total. The molecule has 0 fully saturated rings. The first-order valence-corrected chi connectivity index (χ1v) is 16.6. The number of benzene rings is 8. The number of para-hydroxylation sites is 2. The topological polar surface area (TPSA) is 27.1 Å². The Morgan fingerprint density at radius 2 is 1.19 bits per heavy atom. The maximum atomic E-state index is 6.57. The van der Waals surface area contributed by atoms with Crippen molar-refractivity contribution in [1.29, 1.82) is 0 Å². The Morgan fingerprint density at radius 1 is 0.521 bits per heavy atom. The van der Waals surface area contributed by atoms with Gasteiger partial charge in [0.1, 0.15) is 11.3 Å². The van der Waals surface area contributed by atoms with Crippen molar-refractivity contribution in [2.24, 2.45) is 0 Å². The molecule has 1 aliphatic heterocycles. The minimum absolute atomic E-state index is 0.817. The number of nitrogens with zero attached hydrogens (tertiary/aromatic N) is 2. The minimum Gasteiger partial charge on any atom is -0.453 e. The number of ether oxygens (including phenoxy) is 1. The molecule has 0 spiro atoms. The predicted octanol–water partition coefficient (Wildman–Crippen LogP) is 12.2. The second-order valence-corrected chi connectivity index (χ2v) is 12.5. The average Bonchev–Trinajstić information content (AvgIpc) is 3.53. The summed E-state index contributed by atoms with van der Waals surface area (Å²) in [5.41, 5.74) is 10.3. The maximum absolute atomic E-state index is 6.57. The first-order valence-electron chi connectivity index (χ1n) is 16.6. The van der Waals surface area contributed by atoms with Gasteiger partial charge in [-0.3, -0.25) is 4.57 Å². The molecule has 0 bridgehead atoms.